The zero-order chi connectivity index (χ0) is 10.6. The Morgan fingerprint density at radius 1 is 1.29 bits per heavy atom. The van der Waals surface area contributed by atoms with Crippen LogP contribution < -0.4 is 4.74 Å². The van der Waals surface area contributed by atoms with Crippen LogP contribution in [-0.4, -0.2) is 28.0 Å². The molecule has 4 nitrogen and oxygen atoms in total. The molecule has 0 aliphatic carbocycles. The number of hydrogen-bond acceptors (Lipinski definition) is 3. The fraction of sp³-hybridized carbons (Fsp3) is 0.222. The summed E-state index contributed by atoms with van der Waals surface area (Å²) in [4.78, 5) is 0. The van der Waals surface area contributed by atoms with Crippen LogP contribution in [0.2, 0.25) is 0 Å². The van der Waals surface area contributed by atoms with E-state index in [-0.39, 0.29) is 0 Å². The molecular weight excluding hydrogens is 202 g/mol. The first-order valence-corrected chi connectivity index (χ1v) is 5.75. The van der Waals surface area contributed by atoms with Crippen LogP contribution in [0.15, 0.2) is 28.7 Å². The van der Waals surface area contributed by atoms with Crippen LogP contribution in [0, 0.1) is 0 Å². The molecule has 76 valence electrons. The highest BCUT2D eigenvalue weighted by Crippen LogP contribution is 2.09. The van der Waals surface area contributed by atoms with Gasteiger partial charge in [0.15, 0.2) is 0 Å². The minimum absolute atomic E-state index is 0.719. The molecule has 0 unspecified atom stereocenters. The van der Waals surface area contributed by atoms with Crippen molar-refractivity contribution in [3.63, 3.8) is 0 Å². The Bertz CT molecular complexity index is 420. The van der Waals surface area contributed by atoms with E-state index in [9.17, 15) is 8.42 Å². The summed E-state index contributed by atoms with van der Waals surface area (Å²) in [5, 5.41) is 0. The van der Waals surface area contributed by atoms with Crippen molar-refractivity contribution in [1.82, 2.24) is 0 Å². The van der Waals surface area contributed by atoms with Gasteiger partial charge in [-0.2, -0.15) is 4.40 Å². The van der Waals surface area contributed by atoms with E-state index in [2.05, 4.69) is 4.40 Å². The lowest BCUT2D eigenvalue weighted by atomic mass is 10.2. The number of methoxy groups -OCH3 is 1. The van der Waals surface area contributed by atoms with E-state index in [1.54, 1.807) is 31.4 Å². The molecule has 0 amide bonds. The molecule has 0 saturated heterocycles. The average Bonchev–Trinajstić information content (AvgIpc) is 2.14. The molecular formula is C9H11NO3S. The summed E-state index contributed by atoms with van der Waals surface area (Å²) >= 11 is 0. The number of sulfonamides is 1. The summed E-state index contributed by atoms with van der Waals surface area (Å²) in [6, 6.07) is 6.94. The van der Waals surface area contributed by atoms with Crippen molar-refractivity contribution in [1.29, 1.82) is 0 Å². The zero-order valence-corrected chi connectivity index (χ0v) is 8.78. The highest BCUT2D eigenvalue weighted by Gasteiger charge is 1.95. The fourth-order valence-electron chi connectivity index (χ4n) is 0.847. The predicted molar refractivity (Wildman–Crippen MR) is 55.4 cm³/mol. The van der Waals surface area contributed by atoms with Crippen molar-refractivity contribution >= 4 is 16.2 Å². The summed E-state index contributed by atoms with van der Waals surface area (Å²) in [5.41, 5.74) is 0.719. The normalized spacial score (nSPS) is 11.9. The molecule has 0 aliphatic rings. The Kier molecular flexibility index (Phi) is 3.24. The molecule has 0 spiro atoms. The van der Waals surface area contributed by atoms with E-state index in [0.29, 0.717) is 0 Å². The Labute approximate surface area is 83.3 Å². The third-order valence-electron chi connectivity index (χ3n) is 1.51. The SMILES string of the molecule is COc1ccc(C=NS(C)(=O)=O)cc1. The monoisotopic (exact) mass is 213 g/mol. The van der Waals surface area contributed by atoms with Crippen LogP contribution in [0.4, 0.5) is 0 Å². The standard InChI is InChI=1S/C9H11NO3S/c1-13-9-5-3-8(4-6-9)7-10-14(2,11)12/h3-7H,1-2H3. The smallest absolute Gasteiger partial charge is 0.250 e. The summed E-state index contributed by atoms with van der Waals surface area (Å²) in [5.74, 6) is 0.724. The molecule has 0 saturated carbocycles. The second-order valence-corrected chi connectivity index (χ2v) is 4.42. The summed E-state index contributed by atoms with van der Waals surface area (Å²) < 4.78 is 29.8. The van der Waals surface area contributed by atoms with Crippen molar-refractivity contribution in [3.05, 3.63) is 29.8 Å². The van der Waals surface area contributed by atoms with E-state index in [4.69, 9.17) is 4.74 Å². The van der Waals surface area contributed by atoms with Gasteiger partial charge < -0.3 is 4.74 Å². The molecule has 1 aromatic rings. The van der Waals surface area contributed by atoms with Crippen molar-refractivity contribution in [2.45, 2.75) is 0 Å². The molecule has 1 rings (SSSR count). The van der Waals surface area contributed by atoms with Crippen molar-refractivity contribution in [3.8, 4) is 5.75 Å². The lowest BCUT2D eigenvalue weighted by molar-refractivity contribution is 0.415. The fourth-order valence-corrected chi connectivity index (χ4v) is 1.16. The number of rotatable bonds is 3. The molecule has 0 aromatic heterocycles. The molecule has 0 fully saturated rings. The van der Waals surface area contributed by atoms with Crippen LogP contribution in [0.3, 0.4) is 0 Å². The zero-order valence-electron chi connectivity index (χ0n) is 7.97. The topological polar surface area (TPSA) is 55.7 Å². The van der Waals surface area contributed by atoms with Gasteiger partial charge in [-0.05, 0) is 29.8 Å². The third-order valence-corrected chi connectivity index (χ3v) is 2.00. The first kappa shape index (κ1) is 10.7. The second kappa shape index (κ2) is 4.23. The Morgan fingerprint density at radius 3 is 2.29 bits per heavy atom. The quantitative estimate of drug-likeness (QED) is 0.706. The summed E-state index contributed by atoms with van der Waals surface area (Å²) in [7, 11) is -1.73. The minimum atomic E-state index is -3.30. The van der Waals surface area contributed by atoms with Gasteiger partial charge in [0.2, 0.25) is 10.0 Å². The lowest BCUT2D eigenvalue weighted by Gasteiger charge is -1.98. The maximum Gasteiger partial charge on any atom is 0.250 e. The molecule has 14 heavy (non-hydrogen) atoms. The lowest BCUT2D eigenvalue weighted by Crippen LogP contribution is -1.91. The molecule has 1 aromatic carbocycles. The predicted octanol–water partition coefficient (Wildman–Crippen LogP) is 1.07. The van der Waals surface area contributed by atoms with E-state index < -0.39 is 10.0 Å². The van der Waals surface area contributed by atoms with Gasteiger partial charge in [-0.3, -0.25) is 0 Å². The van der Waals surface area contributed by atoms with Crippen molar-refractivity contribution < 1.29 is 13.2 Å². The van der Waals surface area contributed by atoms with Gasteiger partial charge in [0.05, 0.1) is 13.4 Å². The van der Waals surface area contributed by atoms with E-state index in [1.165, 1.54) is 6.21 Å². The Hall–Kier alpha value is -1.36. The number of benzene rings is 1. The number of ether oxygens (including phenoxy) is 1. The molecule has 0 N–H and O–H groups in total. The maximum atomic E-state index is 10.7. The largest absolute Gasteiger partial charge is 0.497 e. The van der Waals surface area contributed by atoms with Crippen molar-refractivity contribution in [2.75, 3.05) is 13.4 Å². The minimum Gasteiger partial charge on any atom is -0.497 e. The third kappa shape index (κ3) is 3.57. The second-order valence-electron chi connectivity index (χ2n) is 2.74. The van der Waals surface area contributed by atoms with Crippen LogP contribution in [0.1, 0.15) is 5.56 Å². The first-order valence-electron chi connectivity index (χ1n) is 3.90. The highest BCUT2D eigenvalue weighted by atomic mass is 32.2. The summed E-state index contributed by atoms with van der Waals surface area (Å²) in [6.45, 7) is 0. The summed E-state index contributed by atoms with van der Waals surface area (Å²) in [6.07, 6.45) is 2.35. The van der Waals surface area contributed by atoms with Crippen molar-refractivity contribution in [2.24, 2.45) is 4.40 Å². The number of nitrogens with zero attached hydrogens (tertiary/aromatic N) is 1. The van der Waals surface area contributed by atoms with E-state index in [1.807, 2.05) is 0 Å². The number of hydrogen-bond donors (Lipinski definition) is 0. The molecule has 0 radical (unpaired) electrons. The Balaban J connectivity index is 2.84. The highest BCUT2D eigenvalue weighted by molar-refractivity contribution is 7.89. The van der Waals surface area contributed by atoms with Gasteiger partial charge in [0, 0.05) is 6.21 Å². The van der Waals surface area contributed by atoms with Crippen LogP contribution >= 0.6 is 0 Å². The van der Waals surface area contributed by atoms with Gasteiger partial charge >= 0.3 is 0 Å². The van der Waals surface area contributed by atoms with E-state index >= 15 is 0 Å². The maximum absolute atomic E-state index is 10.7. The van der Waals surface area contributed by atoms with Crippen LogP contribution in [0.5, 0.6) is 5.75 Å². The van der Waals surface area contributed by atoms with Gasteiger partial charge in [0.25, 0.3) is 0 Å². The van der Waals surface area contributed by atoms with Crippen LogP contribution in [-0.2, 0) is 10.0 Å². The Morgan fingerprint density at radius 2 is 1.86 bits per heavy atom. The molecule has 5 heteroatoms. The van der Waals surface area contributed by atoms with Gasteiger partial charge in [-0.25, -0.2) is 8.42 Å². The first-order chi connectivity index (χ1) is 6.51. The van der Waals surface area contributed by atoms with Gasteiger partial charge in [-0.15, -0.1) is 0 Å². The molecule has 0 atom stereocenters. The molecule has 0 aliphatic heterocycles. The van der Waals surface area contributed by atoms with E-state index in [0.717, 1.165) is 17.6 Å². The molecule has 0 bridgehead atoms. The average molecular weight is 213 g/mol. The van der Waals surface area contributed by atoms with Gasteiger partial charge in [0.1, 0.15) is 5.75 Å². The van der Waals surface area contributed by atoms with Crippen LogP contribution in [0.25, 0.3) is 0 Å². The molecule has 0 heterocycles. The van der Waals surface area contributed by atoms with Gasteiger partial charge in [-0.1, -0.05) is 0 Å².